The van der Waals surface area contributed by atoms with Gasteiger partial charge in [0.25, 0.3) is 5.91 Å². The number of nitrogens with zero attached hydrogens (tertiary/aromatic N) is 2. The standard InChI is InChI=1S/C40H45N3O10/c1-8-53-38(46)42-21-25(16-23-17-29(47-2)34(51-6)30(18-23)48-3)36(44)39(22-42)33(24-19-31(49-4)35(52-7)32(20-24)50-5)28-14-11-15-43(28)40(39)26-12-9-10-13-27(26)41-37(40)45/h9-10,12-13,16-20,28,33H,8,11,14-15,21-22H2,1-7H3,(H,41,45)/b25-16+/t28-,33-,39-,40-/m1/s1. The van der Waals surface area contributed by atoms with Crippen LogP contribution in [0.25, 0.3) is 6.08 Å². The van der Waals surface area contributed by atoms with Crippen LogP contribution in [-0.2, 0) is 19.9 Å². The van der Waals surface area contributed by atoms with Gasteiger partial charge in [0.15, 0.2) is 28.8 Å². The van der Waals surface area contributed by atoms with E-state index < -0.39 is 23.0 Å². The van der Waals surface area contributed by atoms with Gasteiger partial charge in [0.2, 0.25) is 11.5 Å². The van der Waals surface area contributed by atoms with Gasteiger partial charge in [0.05, 0.1) is 61.2 Å². The zero-order valence-electron chi connectivity index (χ0n) is 31.1. The van der Waals surface area contributed by atoms with Crippen molar-refractivity contribution >= 4 is 29.5 Å². The fraction of sp³-hybridized carbons (Fsp3) is 0.425. The smallest absolute Gasteiger partial charge is 0.410 e. The van der Waals surface area contributed by atoms with E-state index in [4.69, 9.17) is 33.2 Å². The summed E-state index contributed by atoms with van der Waals surface area (Å²) in [6.45, 7) is 2.28. The van der Waals surface area contributed by atoms with Gasteiger partial charge in [-0.05, 0) is 73.8 Å². The molecule has 7 rings (SSSR count). The van der Waals surface area contributed by atoms with Gasteiger partial charge in [0.1, 0.15) is 5.54 Å². The highest BCUT2D eigenvalue weighted by atomic mass is 16.6. The van der Waals surface area contributed by atoms with Gasteiger partial charge < -0.3 is 43.4 Å². The number of nitrogens with one attached hydrogen (secondary N) is 1. The summed E-state index contributed by atoms with van der Waals surface area (Å²) in [7, 11) is 9.18. The first-order chi connectivity index (χ1) is 25.7. The van der Waals surface area contributed by atoms with Crippen molar-refractivity contribution in [2.75, 3.05) is 74.2 Å². The molecule has 2 spiro atoms. The lowest BCUT2D eigenvalue weighted by molar-refractivity contribution is -0.147. The van der Waals surface area contributed by atoms with E-state index in [0.717, 1.165) is 12.0 Å². The summed E-state index contributed by atoms with van der Waals surface area (Å²) >= 11 is 0. The van der Waals surface area contributed by atoms with Crippen molar-refractivity contribution in [2.24, 2.45) is 5.41 Å². The number of para-hydroxylation sites is 1. The van der Waals surface area contributed by atoms with Gasteiger partial charge in [0, 0.05) is 35.3 Å². The predicted molar refractivity (Wildman–Crippen MR) is 195 cm³/mol. The Hall–Kier alpha value is -5.43. The molecule has 3 aromatic rings. The number of carbonyl (C=O) groups excluding carboxylic acids is 3. The first-order valence-corrected chi connectivity index (χ1v) is 17.6. The monoisotopic (exact) mass is 727 g/mol. The molecule has 13 heteroatoms. The zero-order chi connectivity index (χ0) is 37.7. The van der Waals surface area contributed by atoms with Crippen molar-refractivity contribution in [3.8, 4) is 34.5 Å². The molecule has 0 aliphatic carbocycles. The fourth-order valence-electron chi connectivity index (χ4n) is 9.48. The lowest BCUT2D eigenvalue weighted by atomic mass is 9.55. The highest BCUT2D eigenvalue weighted by Crippen LogP contribution is 2.69. The van der Waals surface area contributed by atoms with Crippen molar-refractivity contribution < 1.29 is 47.5 Å². The number of piperidine rings is 1. The van der Waals surface area contributed by atoms with Crippen LogP contribution < -0.4 is 33.7 Å². The lowest BCUT2D eigenvalue weighted by Gasteiger charge is -2.51. The molecule has 4 atom stereocenters. The summed E-state index contributed by atoms with van der Waals surface area (Å²) in [6.07, 6.45) is 2.66. The molecular formula is C40H45N3O10. The van der Waals surface area contributed by atoms with Crippen molar-refractivity contribution in [1.82, 2.24) is 9.80 Å². The molecule has 0 unspecified atom stereocenters. The number of hydrogen-bond donors (Lipinski definition) is 1. The number of ether oxygens (including phenoxy) is 7. The topological polar surface area (TPSA) is 134 Å². The molecule has 0 radical (unpaired) electrons. The van der Waals surface area contributed by atoms with Crippen molar-refractivity contribution in [1.29, 1.82) is 0 Å². The minimum atomic E-state index is -1.56. The first-order valence-electron chi connectivity index (χ1n) is 17.6. The molecule has 3 fully saturated rings. The molecule has 4 aliphatic rings. The highest BCUT2D eigenvalue weighted by molar-refractivity contribution is 6.16. The largest absolute Gasteiger partial charge is 0.493 e. The second-order valence-corrected chi connectivity index (χ2v) is 13.5. The van der Waals surface area contributed by atoms with E-state index in [9.17, 15) is 4.79 Å². The van der Waals surface area contributed by atoms with Crippen LogP contribution >= 0.6 is 0 Å². The van der Waals surface area contributed by atoms with Crippen molar-refractivity contribution in [3.63, 3.8) is 0 Å². The number of anilines is 1. The average molecular weight is 728 g/mol. The number of Topliss-reactive ketones (excluding diaryl/α,β-unsaturated/α-hetero) is 1. The lowest BCUT2D eigenvalue weighted by Crippen LogP contribution is -2.66. The third-order valence-corrected chi connectivity index (χ3v) is 11.3. The van der Waals surface area contributed by atoms with E-state index in [-0.39, 0.29) is 37.4 Å². The van der Waals surface area contributed by atoms with E-state index in [1.807, 2.05) is 36.4 Å². The van der Waals surface area contributed by atoms with Gasteiger partial charge >= 0.3 is 6.09 Å². The number of hydrogen-bond acceptors (Lipinski definition) is 11. The Bertz CT molecular complexity index is 1950. The minimum Gasteiger partial charge on any atom is -0.493 e. The van der Waals surface area contributed by atoms with E-state index in [1.165, 1.54) is 28.4 Å². The predicted octanol–water partition coefficient (Wildman–Crippen LogP) is 5.26. The Morgan fingerprint density at radius 2 is 1.47 bits per heavy atom. The van der Waals surface area contributed by atoms with Crippen LogP contribution in [0.5, 0.6) is 34.5 Å². The SMILES string of the molecule is CCOC(=O)N1C/C(=C\c2cc(OC)c(OC)c(OC)c2)C(=O)[C@@]2(C1)[C@H](c1cc(OC)c(OC)c(OC)c1)[C@H]1CCCN1[C@]21C(=O)Nc2ccccc21. The van der Waals surface area contributed by atoms with Gasteiger partial charge in [-0.2, -0.15) is 0 Å². The maximum atomic E-state index is 16.0. The first kappa shape index (κ1) is 36.0. The molecule has 2 amide bonds. The van der Waals surface area contributed by atoms with E-state index >= 15 is 9.59 Å². The number of rotatable bonds is 9. The Balaban J connectivity index is 1.56. The van der Waals surface area contributed by atoms with Crippen LogP contribution in [0.3, 0.4) is 0 Å². The maximum absolute atomic E-state index is 16.0. The number of carbonyl (C=O) groups is 3. The number of fused-ring (bicyclic) bond motifs is 5. The zero-order valence-corrected chi connectivity index (χ0v) is 31.1. The summed E-state index contributed by atoms with van der Waals surface area (Å²) in [4.78, 5) is 48.8. The van der Waals surface area contributed by atoms with Crippen LogP contribution in [0.15, 0.2) is 54.1 Å². The van der Waals surface area contributed by atoms with E-state index in [2.05, 4.69) is 10.2 Å². The van der Waals surface area contributed by atoms with E-state index in [1.54, 1.807) is 44.3 Å². The number of likely N-dealkylation sites (tertiary alicyclic amines) is 1. The quantitative estimate of drug-likeness (QED) is 0.290. The Morgan fingerprint density at radius 3 is 2.06 bits per heavy atom. The molecule has 3 aromatic carbocycles. The summed E-state index contributed by atoms with van der Waals surface area (Å²) in [5, 5.41) is 3.14. The molecule has 53 heavy (non-hydrogen) atoms. The van der Waals surface area contributed by atoms with Crippen LogP contribution in [0, 0.1) is 5.41 Å². The molecule has 4 heterocycles. The Labute approximate surface area is 308 Å². The van der Waals surface area contributed by atoms with Gasteiger partial charge in [-0.15, -0.1) is 0 Å². The number of amides is 2. The second-order valence-electron chi connectivity index (χ2n) is 13.5. The number of methoxy groups -OCH3 is 6. The molecule has 1 N–H and O–H groups in total. The average Bonchev–Trinajstić information content (AvgIpc) is 3.83. The van der Waals surface area contributed by atoms with Crippen LogP contribution in [0.1, 0.15) is 42.4 Å². The molecule has 0 saturated carbocycles. The minimum absolute atomic E-state index is 0.0535. The Kier molecular flexibility index (Phi) is 9.39. The molecule has 13 nitrogen and oxygen atoms in total. The fourth-order valence-corrected chi connectivity index (χ4v) is 9.48. The molecule has 0 bridgehead atoms. The maximum Gasteiger partial charge on any atom is 0.410 e. The highest BCUT2D eigenvalue weighted by Gasteiger charge is 2.79. The summed E-state index contributed by atoms with van der Waals surface area (Å²) < 4.78 is 39.8. The van der Waals surface area contributed by atoms with Gasteiger partial charge in [-0.25, -0.2) is 4.79 Å². The molecular weight excluding hydrogens is 682 g/mol. The summed E-state index contributed by atoms with van der Waals surface area (Å²) in [5.41, 5.74) is -0.117. The molecule has 3 saturated heterocycles. The second kappa shape index (κ2) is 13.8. The number of ketones is 1. The molecule has 280 valence electrons. The van der Waals surface area contributed by atoms with Crippen molar-refractivity contribution in [2.45, 2.75) is 37.3 Å². The van der Waals surface area contributed by atoms with Crippen LogP contribution in [-0.4, -0.2) is 103 Å². The summed E-state index contributed by atoms with van der Waals surface area (Å²) in [5.74, 6) is 1.23. The Morgan fingerprint density at radius 1 is 0.868 bits per heavy atom. The molecule has 0 aromatic heterocycles. The normalized spacial score (nSPS) is 25.3. The van der Waals surface area contributed by atoms with Crippen molar-refractivity contribution in [3.05, 3.63) is 70.8 Å². The summed E-state index contributed by atoms with van der Waals surface area (Å²) in [6, 6.07) is 14.5. The van der Waals surface area contributed by atoms with Crippen LogP contribution in [0.2, 0.25) is 0 Å². The third kappa shape index (κ3) is 5.11. The van der Waals surface area contributed by atoms with Crippen LogP contribution in [0.4, 0.5) is 10.5 Å². The van der Waals surface area contributed by atoms with Gasteiger partial charge in [-0.3, -0.25) is 14.5 Å². The van der Waals surface area contributed by atoms with Gasteiger partial charge in [-0.1, -0.05) is 18.2 Å². The van der Waals surface area contributed by atoms with E-state index in [0.29, 0.717) is 69.9 Å². The molecule has 4 aliphatic heterocycles. The third-order valence-electron chi connectivity index (χ3n) is 11.3. The number of benzene rings is 3.